The molecular formula is C7H5BrF3NS. The molecule has 1 aromatic carbocycles. The molecule has 0 aliphatic rings. The summed E-state index contributed by atoms with van der Waals surface area (Å²) in [5.74, 6) is 0. The van der Waals surface area contributed by atoms with Gasteiger partial charge in [0.05, 0.1) is 5.56 Å². The summed E-state index contributed by atoms with van der Waals surface area (Å²) in [6, 6.07) is 2.61. The van der Waals surface area contributed by atoms with Gasteiger partial charge < -0.3 is 5.73 Å². The topological polar surface area (TPSA) is 26.0 Å². The van der Waals surface area contributed by atoms with Gasteiger partial charge in [0.2, 0.25) is 0 Å². The van der Waals surface area contributed by atoms with E-state index in [4.69, 9.17) is 5.73 Å². The number of benzene rings is 1. The maximum atomic E-state index is 12.4. The highest BCUT2D eigenvalue weighted by Crippen LogP contribution is 2.40. The molecule has 0 amide bonds. The average molecular weight is 272 g/mol. The van der Waals surface area contributed by atoms with Crippen LogP contribution in [0.5, 0.6) is 0 Å². The van der Waals surface area contributed by atoms with Crippen LogP contribution in [0.15, 0.2) is 21.5 Å². The maximum Gasteiger partial charge on any atom is 0.418 e. The summed E-state index contributed by atoms with van der Waals surface area (Å²) in [6.45, 7) is 0. The number of alkyl halides is 3. The summed E-state index contributed by atoms with van der Waals surface area (Å²) in [4.78, 5) is -0.248. The molecule has 0 saturated carbocycles. The quantitative estimate of drug-likeness (QED) is 0.549. The number of hydrogen-bond donors (Lipinski definition) is 2. The van der Waals surface area contributed by atoms with Crippen molar-refractivity contribution in [3.63, 3.8) is 0 Å². The zero-order valence-corrected chi connectivity index (χ0v) is 8.67. The Labute approximate surface area is 86.7 Å². The zero-order valence-electron chi connectivity index (χ0n) is 6.19. The molecule has 6 heteroatoms. The van der Waals surface area contributed by atoms with Crippen LogP contribution in [-0.4, -0.2) is 0 Å². The van der Waals surface area contributed by atoms with Crippen molar-refractivity contribution < 1.29 is 13.2 Å². The van der Waals surface area contributed by atoms with Crippen LogP contribution in [0.25, 0.3) is 0 Å². The fraction of sp³-hybridized carbons (Fsp3) is 0.143. The predicted molar refractivity (Wildman–Crippen MR) is 50.8 cm³/mol. The number of halogens is 4. The van der Waals surface area contributed by atoms with Crippen molar-refractivity contribution >= 4 is 34.2 Å². The molecule has 0 unspecified atom stereocenters. The summed E-state index contributed by atoms with van der Waals surface area (Å²) in [5.41, 5.74) is 4.46. The number of rotatable bonds is 0. The van der Waals surface area contributed by atoms with Gasteiger partial charge in [-0.3, -0.25) is 0 Å². The predicted octanol–water partition coefficient (Wildman–Crippen LogP) is 3.34. The van der Waals surface area contributed by atoms with Gasteiger partial charge in [-0.25, -0.2) is 0 Å². The molecule has 0 spiro atoms. The zero-order chi connectivity index (χ0) is 10.2. The van der Waals surface area contributed by atoms with Crippen molar-refractivity contribution in [3.8, 4) is 0 Å². The van der Waals surface area contributed by atoms with Crippen molar-refractivity contribution in [1.82, 2.24) is 0 Å². The molecule has 1 rings (SSSR count). The Kier molecular flexibility index (Phi) is 2.82. The van der Waals surface area contributed by atoms with Gasteiger partial charge in [0.15, 0.2) is 0 Å². The lowest BCUT2D eigenvalue weighted by molar-refractivity contribution is -0.140. The lowest BCUT2D eigenvalue weighted by atomic mass is 10.2. The van der Waals surface area contributed by atoms with Gasteiger partial charge >= 0.3 is 6.18 Å². The Morgan fingerprint density at radius 2 is 1.85 bits per heavy atom. The largest absolute Gasteiger partial charge is 0.418 e. The molecule has 72 valence electrons. The standard InChI is InChI=1S/C7H5BrF3NS/c8-3-1-2-4(12)6(13)5(3)7(9,10)11/h1-2,13H,12H2. The molecule has 0 radical (unpaired) electrons. The highest BCUT2D eigenvalue weighted by Gasteiger charge is 2.35. The lowest BCUT2D eigenvalue weighted by Crippen LogP contribution is -2.08. The second-order valence-electron chi connectivity index (χ2n) is 2.36. The van der Waals surface area contributed by atoms with E-state index in [2.05, 4.69) is 28.6 Å². The Morgan fingerprint density at radius 3 is 2.23 bits per heavy atom. The first-order chi connectivity index (χ1) is 5.84. The van der Waals surface area contributed by atoms with Crippen LogP contribution in [0.3, 0.4) is 0 Å². The van der Waals surface area contributed by atoms with Crippen molar-refractivity contribution in [2.24, 2.45) is 0 Å². The van der Waals surface area contributed by atoms with Gasteiger partial charge in [-0.05, 0) is 12.1 Å². The van der Waals surface area contributed by atoms with Crippen LogP contribution in [-0.2, 0) is 6.18 Å². The molecule has 0 aliphatic carbocycles. The van der Waals surface area contributed by atoms with Crippen LogP contribution in [0.4, 0.5) is 18.9 Å². The Morgan fingerprint density at radius 1 is 1.31 bits per heavy atom. The molecule has 13 heavy (non-hydrogen) atoms. The Balaban J connectivity index is 3.43. The second kappa shape index (κ2) is 3.42. The molecule has 1 nitrogen and oxygen atoms in total. The highest BCUT2D eigenvalue weighted by atomic mass is 79.9. The number of nitrogens with two attached hydrogens (primary N) is 1. The summed E-state index contributed by atoms with van der Waals surface area (Å²) in [7, 11) is 0. The first-order valence-corrected chi connectivity index (χ1v) is 4.42. The van der Waals surface area contributed by atoms with E-state index in [1.54, 1.807) is 0 Å². The van der Waals surface area contributed by atoms with Gasteiger partial charge in [-0.1, -0.05) is 15.9 Å². The minimum absolute atomic E-state index is 0.0128. The van der Waals surface area contributed by atoms with Crippen molar-refractivity contribution in [3.05, 3.63) is 22.2 Å². The van der Waals surface area contributed by atoms with Crippen molar-refractivity contribution in [2.75, 3.05) is 5.73 Å². The van der Waals surface area contributed by atoms with Gasteiger partial charge in [0, 0.05) is 15.1 Å². The molecule has 0 atom stereocenters. The monoisotopic (exact) mass is 271 g/mol. The molecular weight excluding hydrogens is 267 g/mol. The van der Waals surface area contributed by atoms with E-state index in [9.17, 15) is 13.2 Å². The normalized spacial score (nSPS) is 11.8. The van der Waals surface area contributed by atoms with E-state index in [0.717, 1.165) is 0 Å². The van der Waals surface area contributed by atoms with Crippen LogP contribution in [0.1, 0.15) is 5.56 Å². The fourth-order valence-corrected chi connectivity index (χ4v) is 1.88. The first-order valence-electron chi connectivity index (χ1n) is 3.18. The highest BCUT2D eigenvalue weighted by molar-refractivity contribution is 9.10. The minimum atomic E-state index is -4.44. The Bertz CT molecular complexity index is 337. The van der Waals surface area contributed by atoms with Crippen LogP contribution in [0.2, 0.25) is 0 Å². The smallest absolute Gasteiger partial charge is 0.398 e. The van der Waals surface area contributed by atoms with E-state index in [1.807, 2.05) is 0 Å². The van der Waals surface area contributed by atoms with Gasteiger partial charge in [0.1, 0.15) is 0 Å². The third-order valence-corrected chi connectivity index (χ3v) is 2.58. The Hall–Kier alpha value is -0.360. The maximum absolute atomic E-state index is 12.4. The molecule has 0 saturated heterocycles. The molecule has 0 bridgehead atoms. The van der Waals surface area contributed by atoms with Gasteiger partial charge in [0.25, 0.3) is 0 Å². The average Bonchev–Trinajstić information content (AvgIpc) is 1.95. The first kappa shape index (κ1) is 10.7. The molecule has 2 N–H and O–H groups in total. The summed E-state index contributed by atoms with van der Waals surface area (Å²) in [6.07, 6.45) is -4.44. The molecule has 1 aromatic rings. The third-order valence-electron chi connectivity index (χ3n) is 1.44. The van der Waals surface area contributed by atoms with E-state index in [1.165, 1.54) is 12.1 Å². The lowest BCUT2D eigenvalue weighted by Gasteiger charge is -2.12. The number of nitrogen functional groups attached to an aromatic ring is 1. The van der Waals surface area contributed by atoms with Crippen LogP contribution in [0, 0.1) is 0 Å². The second-order valence-corrected chi connectivity index (χ2v) is 3.66. The number of hydrogen-bond acceptors (Lipinski definition) is 2. The molecule has 0 aromatic heterocycles. The van der Waals surface area contributed by atoms with E-state index in [0.29, 0.717) is 0 Å². The number of thiol groups is 1. The third kappa shape index (κ3) is 2.11. The summed E-state index contributed by atoms with van der Waals surface area (Å²) < 4.78 is 37.0. The van der Waals surface area contributed by atoms with Crippen LogP contribution < -0.4 is 5.73 Å². The molecule has 0 fully saturated rings. The molecule has 0 aliphatic heterocycles. The van der Waals surface area contributed by atoms with Crippen LogP contribution >= 0.6 is 28.6 Å². The fourth-order valence-electron chi connectivity index (χ4n) is 0.852. The summed E-state index contributed by atoms with van der Waals surface area (Å²) in [5, 5.41) is 0. The van der Waals surface area contributed by atoms with Crippen molar-refractivity contribution in [1.29, 1.82) is 0 Å². The van der Waals surface area contributed by atoms with E-state index >= 15 is 0 Å². The van der Waals surface area contributed by atoms with Gasteiger partial charge in [-0.2, -0.15) is 13.2 Å². The SMILES string of the molecule is Nc1ccc(Br)c(C(F)(F)F)c1S. The minimum Gasteiger partial charge on any atom is -0.398 e. The van der Waals surface area contributed by atoms with Crippen molar-refractivity contribution in [2.45, 2.75) is 11.1 Å². The van der Waals surface area contributed by atoms with E-state index in [-0.39, 0.29) is 15.1 Å². The number of anilines is 1. The van der Waals surface area contributed by atoms with E-state index < -0.39 is 11.7 Å². The molecule has 0 heterocycles. The summed E-state index contributed by atoms with van der Waals surface area (Å²) >= 11 is 6.49. The van der Waals surface area contributed by atoms with Gasteiger partial charge in [-0.15, -0.1) is 12.6 Å².